The van der Waals surface area contributed by atoms with Gasteiger partial charge in [0.05, 0.1) is 12.8 Å². The average molecular weight is 292 g/mol. The number of aromatic nitrogens is 1. The van der Waals surface area contributed by atoms with Crippen LogP contribution in [0.25, 0.3) is 0 Å². The first-order valence-corrected chi connectivity index (χ1v) is 6.95. The summed E-state index contributed by atoms with van der Waals surface area (Å²) in [6.07, 6.45) is 0. The van der Waals surface area contributed by atoms with Crippen LogP contribution < -0.4 is 4.74 Å². The van der Waals surface area contributed by atoms with Crippen molar-refractivity contribution in [2.45, 2.75) is 13.1 Å². The van der Waals surface area contributed by atoms with Crippen LogP contribution in [0, 0.1) is 0 Å². The van der Waals surface area contributed by atoms with Crippen LogP contribution >= 0.6 is 11.3 Å². The van der Waals surface area contributed by atoms with Crippen LogP contribution in [-0.2, 0) is 13.1 Å². The molecule has 0 radical (unpaired) electrons. The van der Waals surface area contributed by atoms with Crippen LogP contribution in [-0.4, -0.2) is 35.1 Å². The third kappa shape index (κ3) is 3.79. The molecule has 0 aliphatic rings. The Morgan fingerprint density at radius 1 is 1.35 bits per heavy atom. The highest BCUT2D eigenvalue weighted by molar-refractivity contribution is 7.11. The molecule has 0 atom stereocenters. The van der Waals surface area contributed by atoms with E-state index in [1.807, 2.05) is 31.3 Å². The third-order valence-corrected chi connectivity index (χ3v) is 3.66. The summed E-state index contributed by atoms with van der Waals surface area (Å²) < 4.78 is 5.12. The van der Waals surface area contributed by atoms with E-state index in [1.54, 1.807) is 12.5 Å². The number of hydrogen-bond acceptors (Lipinski definition) is 5. The molecule has 6 heteroatoms. The Bertz CT molecular complexity index is 580. The lowest BCUT2D eigenvalue weighted by Crippen LogP contribution is -2.17. The van der Waals surface area contributed by atoms with Crippen LogP contribution in [0.3, 0.4) is 0 Å². The molecular formula is C14H16N2O3S. The molecular weight excluding hydrogens is 276 g/mol. The molecule has 106 valence electrons. The predicted molar refractivity (Wildman–Crippen MR) is 77.2 cm³/mol. The highest BCUT2D eigenvalue weighted by Gasteiger charge is 2.10. The molecule has 1 heterocycles. The number of carboxylic acid groups (broad SMARTS) is 1. The molecule has 2 aromatic rings. The number of thiazole rings is 1. The minimum atomic E-state index is -0.973. The first-order chi connectivity index (χ1) is 9.58. The molecule has 0 aliphatic heterocycles. The van der Waals surface area contributed by atoms with Crippen molar-refractivity contribution in [2.24, 2.45) is 0 Å². The number of aromatic carboxylic acids is 1. The molecule has 0 saturated carbocycles. The van der Waals surface area contributed by atoms with Crippen LogP contribution in [0.4, 0.5) is 0 Å². The lowest BCUT2D eigenvalue weighted by Gasteiger charge is -2.15. The van der Waals surface area contributed by atoms with Gasteiger partial charge in [-0.25, -0.2) is 9.78 Å². The van der Waals surface area contributed by atoms with E-state index in [1.165, 1.54) is 5.56 Å². The molecule has 2 rings (SSSR count). The number of rotatable bonds is 6. The number of carboxylic acids is 1. The fourth-order valence-corrected chi connectivity index (χ4v) is 2.50. The van der Waals surface area contributed by atoms with Crippen LogP contribution in [0.15, 0.2) is 29.6 Å². The molecule has 0 spiro atoms. The quantitative estimate of drug-likeness (QED) is 0.886. The number of benzene rings is 1. The molecule has 20 heavy (non-hydrogen) atoms. The van der Waals surface area contributed by atoms with E-state index in [0.29, 0.717) is 6.54 Å². The second-order valence-corrected chi connectivity index (χ2v) is 5.33. The molecule has 1 N–H and O–H groups in total. The number of ether oxygens (including phenoxy) is 1. The van der Waals surface area contributed by atoms with Crippen molar-refractivity contribution in [2.75, 3.05) is 14.2 Å². The van der Waals surface area contributed by atoms with Gasteiger partial charge in [0.25, 0.3) is 0 Å². The zero-order chi connectivity index (χ0) is 14.5. The number of methoxy groups -OCH3 is 1. The second kappa shape index (κ2) is 6.49. The van der Waals surface area contributed by atoms with E-state index >= 15 is 0 Å². The molecule has 1 aromatic carbocycles. The van der Waals surface area contributed by atoms with Crippen molar-refractivity contribution in [1.29, 1.82) is 0 Å². The summed E-state index contributed by atoms with van der Waals surface area (Å²) in [5.41, 5.74) is 1.95. The van der Waals surface area contributed by atoms with Crippen molar-refractivity contribution in [1.82, 2.24) is 9.88 Å². The third-order valence-electron chi connectivity index (χ3n) is 2.78. The highest BCUT2D eigenvalue weighted by atomic mass is 32.1. The maximum Gasteiger partial charge on any atom is 0.365 e. The summed E-state index contributed by atoms with van der Waals surface area (Å²) in [7, 11) is 3.62. The standard InChI is InChI=1S/C14H16N2O3S/c1-16(7-10-3-5-12(19-2)6-4-10)8-11-9-20-13(15-11)14(17)18/h3-6,9H,7-8H2,1-2H3,(H,17,18). The molecule has 0 aliphatic carbocycles. The number of carbonyl (C=O) groups is 1. The lowest BCUT2D eigenvalue weighted by atomic mass is 10.2. The van der Waals surface area contributed by atoms with Crippen LogP contribution in [0.5, 0.6) is 5.75 Å². The summed E-state index contributed by atoms with van der Waals surface area (Å²) in [5.74, 6) is -0.138. The lowest BCUT2D eigenvalue weighted by molar-refractivity contribution is 0.0696. The molecule has 0 saturated heterocycles. The minimum Gasteiger partial charge on any atom is -0.497 e. The van der Waals surface area contributed by atoms with E-state index in [4.69, 9.17) is 9.84 Å². The monoisotopic (exact) mass is 292 g/mol. The van der Waals surface area contributed by atoms with Gasteiger partial charge >= 0.3 is 5.97 Å². The number of nitrogens with zero attached hydrogens (tertiary/aromatic N) is 2. The SMILES string of the molecule is COc1ccc(CN(C)Cc2csc(C(=O)O)n2)cc1. The molecule has 0 bridgehead atoms. The van der Waals surface area contributed by atoms with Gasteiger partial charge in [0.2, 0.25) is 5.01 Å². The molecule has 0 fully saturated rings. The first-order valence-electron chi connectivity index (χ1n) is 6.07. The maximum absolute atomic E-state index is 10.8. The van der Waals surface area contributed by atoms with Crippen molar-refractivity contribution < 1.29 is 14.6 Å². The van der Waals surface area contributed by atoms with Gasteiger partial charge in [-0.05, 0) is 24.7 Å². The Kier molecular flexibility index (Phi) is 4.70. The summed E-state index contributed by atoms with van der Waals surface area (Å²) >= 11 is 1.16. The Balaban J connectivity index is 1.93. The van der Waals surface area contributed by atoms with Gasteiger partial charge < -0.3 is 9.84 Å². The van der Waals surface area contributed by atoms with Crippen molar-refractivity contribution in [3.63, 3.8) is 0 Å². The molecule has 0 amide bonds. The Morgan fingerprint density at radius 2 is 2.05 bits per heavy atom. The summed E-state index contributed by atoms with van der Waals surface area (Å²) in [4.78, 5) is 16.9. The van der Waals surface area contributed by atoms with Gasteiger partial charge in [0.1, 0.15) is 5.75 Å². The average Bonchev–Trinajstić information content (AvgIpc) is 2.88. The van der Waals surface area contributed by atoms with Gasteiger partial charge in [-0.1, -0.05) is 12.1 Å². The molecule has 0 unspecified atom stereocenters. The van der Waals surface area contributed by atoms with E-state index in [-0.39, 0.29) is 5.01 Å². The fourth-order valence-electron chi connectivity index (χ4n) is 1.85. The fraction of sp³-hybridized carbons (Fsp3) is 0.286. The topological polar surface area (TPSA) is 62.7 Å². The van der Waals surface area contributed by atoms with E-state index in [0.717, 1.165) is 29.3 Å². The Morgan fingerprint density at radius 3 is 2.60 bits per heavy atom. The van der Waals surface area contributed by atoms with Crippen LogP contribution in [0.2, 0.25) is 0 Å². The van der Waals surface area contributed by atoms with E-state index < -0.39 is 5.97 Å². The zero-order valence-corrected chi connectivity index (χ0v) is 12.2. The van der Waals surface area contributed by atoms with E-state index in [2.05, 4.69) is 9.88 Å². The van der Waals surface area contributed by atoms with Gasteiger partial charge in [-0.15, -0.1) is 11.3 Å². The Labute approximate surface area is 121 Å². The smallest absolute Gasteiger partial charge is 0.365 e. The molecule has 5 nitrogen and oxygen atoms in total. The van der Waals surface area contributed by atoms with Gasteiger partial charge in [0, 0.05) is 18.5 Å². The van der Waals surface area contributed by atoms with Gasteiger partial charge in [-0.3, -0.25) is 4.90 Å². The summed E-state index contributed by atoms with van der Waals surface area (Å²) in [5, 5.41) is 10.8. The first kappa shape index (κ1) is 14.5. The normalized spacial score (nSPS) is 10.8. The van der Waals surface area contributed by atoms with Crippen molar-refractivity contribution in [3.8, 4) is 5.75 Å². The van der Waals surface area contributed by atoms with Gasteiger partial charge in [-0.2, -0.15) is 0 Å². The second-order valence-electron chi connectivity index (χ2n) is 4.47. The summed E-state index contributed by atoms with van der Waals surface area (Å²) in [6.45, 7) is 1.39. The summed E-state index contributed by atoms with van der Waals surface area (Å²) in [6, 6.07) is 7.88. The van der Waals surface area contributed by atoms with Crippen molar-refractivity contribution >= 4 is 17.3 Å². The van der Waals surface area contributed by atoms with Gasteiger partial charge in [0.15, 0.2) is 0 Å². The van der Waals surface area contributed by atoms with Crippen molar-refractivity contribution in [3.05, 3.63) is 45.9 Å². The minimum absolute atomic E-state index is 0.137. The predicted octanol–water partition coefficient (Wildman–Crippen LogP) is 2.48. The molecule has 1 aromatic heterocycles. The Hall–Kier alpha value is -1.92. The maximum atomic E-state index is 10.8. The number of hydrogen-bond donors (Lipinski definition) is 1. The largest absolute Gasteiger partial charge is 0.497 e. The van der Waals surface area contributed by atoms with Crippen LogP contribution in [0.1, 0.15) is 21.1 Å². The zero-order valence-electron chi connectivity index (χ0n) is 11.4. The highest BCUT2D eigenvalue weighted by Crippen LogP contribution is 2.15. The van der Waals surface area contributed by atoms with E-state index in [9.17, 15) is 4.79 Å².